The number of anilines is 1. The van der Waals surface area contributed by atoms with E-state index in [0.29, 0.717) is 33.9 Å². The lowest BCUT2D eigenvalue weighted by Gasteiger charge is -2.09. The van der Waals surface area contributed by atoms with Gasteiger partial charge < -0.3 is 16.7 Å². The van der Waals surface area contributed by atoms with Crippen LogP contribution in [0.5, 0.6) is 0 Å². The van der Waals surface area contributed by atoms with Gasteiger partial charge in [-0.3, -0.25) is 14.8 Å². The van der Waals surface area contributed by atoms with Crippen molar-refractivity contribution in [3.05, 3.63) is 71.2 Å². The van der Waals surface area contributed by atoms with Crippen molar-refractivity contribution in [1.29, 1.82) is 5.26 Å². The molecule has 166 valence electrons. The molecule has 2 aromatic heterocycles. The van der Waals surface area contributed by atoms with Crippen LogP contribution >= 0.6 is 0 Å². The molecule has 33 heavy (non-hydrogen) atoms. The molecule has 2 heterocycles. The highest BCUT2D eigenvalue weighted by atomic mass is 16.4. The summed E-state index contributed by atoms with van der Waals surface area (Å²) in [7, 11) is 0. The van der Waals surface area contributed by atoms with Crippen molar-refractivity contribution >= 4 is 23.8 Å². The quantitative estimate of drug-likeness (QED) is 0.270. The lowest BCUT2D eigenvalue weighted by molar-refractivity contribution is -0.137. The van der Waals surface area contributed by atoms with E-state index in [0.717, 1.165) is 0 Å². The van der Waals surface area contributed by atoms with Gasteiger partial charge in [0, 0.05) is 17.2 Å². The van der Waals surface area contributed by atoms with Gasteiger partial charge in [0.2, 0.25) is 5.95 Å². The van der Waals surface area contributed by atoms with E-state index >= 15 is 0 Å². The Kier molecular flexibility index (Phi) is 7.39. The molecule has 3 aromatic rings. The number of benzene rings is 1. The van der Waals surface area contributed by atoms with Crippen LogP contribution in [0.2, 0.25) is 0 Å². The second-order valence-corrected chi connectivity index (χ2v) is 7.23. The molecule has 1 atom stereocenters. The van der Waals surface area contributed by atoms with Crippen LogP contribution in [-0.2, 0) is 11.3 Å². The number of aliphatic carboxylic acids is 1. The molecule has 0 spiro atoms. The normalized spacial score (nSPS) is 12.4. The first-order chi connectivity index (χ1) is 15.9. The van der Waals surface area contributed by atoms with E-state index in [4.69, 9.17) is 21.9 Å². The summed E-state index contributed by atoms with van der Waals surface area (Å²) in [5.41, 5.74) is 9.62. The average Bonchev–Trinajstić information content (AvgIpc) is 2.81. The van der Waals surface area contributed by atoms with E-state index in [2.05, 4.69) is 31.1 Å². The Hall–Kier alpha value is -4.65. The van der Waals surface area contributed by atoms with Gasteiger partial charge in [-0.05, 0) is 30.3 Å². The van der Waals surface area contributed by atoms with E-state index in [9.17, 15) is 4.79 Å². The van der Waals surface area contributed by atoms with Crippen molar-refractivity contribution in [2.75, 3.05) is 5.73 Å². The SMILES string of the molecule is CC(CC(=O)O)c1cccc(CN=CC(=NN)c2cc(-c3cccc(C#N)c3)nc(N)n2)n1. The molecule has 1 aromatic carbocycles. The second kappa shape index (κ2) is 10.6. The molecule has 0 saturated carbocycles. The van der Waals surface area contributed by atoms with Gasteiger partial charge >= 0.3 is 5.97 Å². The van der Waals surface area contributed by atoms with Crippen LogP contribution in [0.1, 0.15) is 41.9 Å². The first-order valence-corrected chi connectivity index (χ1v) is 10.0. The number of carboxylic acid groups (broad SMARTS) is 1. The summed E-state index contributed by atoms with van der Waals surface area (Å²) < 4.78 is 0. The third-order valence-corrected chi connectivity index (χ3v) is 4.71. The molecule has 0 bridgehead atoms. The van der Waals surface area contributed by atoms with Crippen LogP contribution in [-0.4, -0.2) is 38.0 Å². The van der Waals surface area contributed by atoms with Gasteiger partial charge in [0.15, 0.2) is 0 Å². The van der Waals surface area contributed by atoms with Crippen LogP contribution in [0.15, 0.2) is 58.6 Å². The molecule has 10 nitrogen and oxygen atoms in total. The molecular weight excluding hydrogens is 420 g/mol. The molecule has 1 unspecified atom stereocenters. The Morgan fingerprint density at radius 1 is 1.21 bits per heavy atom. The van der Waals surface area contributed by atoms with Crippen LogP contribution in [0.4, 0.5) is 5.95 Å². The van der Waals surface area contributed by atoms with Gasteiger partial charge in [0.25, 0.3) is 0 Å². The average molecular weight is 442 g/mol. The standard InChI is InChI=1S/C23H22N8O2/c1-14(8-22(32)33)18-7-3-6-17(28-18)12-27-13-21(31-26)20-10-19(29-23(25)30-20)16-5-2-4-15(9-16)11-24/h2-7,9-10,13-14H,8,12,26H2,1H3,(H,32,33)(H2,25,29,30). The predicted molar refractivity (Wildman–Crippen MR) is 124 cm³/mol. The van der Waals surface area contributed by atoms with Crippen molar-refractivity contribution in [3.8, 4) is 17.3 Å². The van der Waals surface area contributed by atoms with Gasteiger partial charge in [-0.1, -0.05) is 25.1 Å². The number of carbonyl (C=O) groups is 1. The number of nitrogen functional groups attached to an aromatic ring is 1. The van der Waals surface area contributed by atoms with Crippen molar-refractivity contribution in [2.24, 2.45) is 15.9 Å². The predicted octanol–water partition coefficient (Wildman–Crippen LogP) is 2.50. The fourth-order valence-corrected chi connectivity index (χ4v) is 3.11. The molecule has 0 fully saturated rings. The number of hydrogen-bond donors (Lipinski definition) is 3. The lowest BCUT2D eigenvalue weighted by Crippen LogP contribution is -2.11. The number of hydrazone groups is 1. The molecule has 0 aliphatic heterocycles. The molecule has 0 radical (unpaired) electrons. The molecule has 0 saturated heterocycles. The van der Waals surface area contributed by atoms with Crippen molar-refractivity contribution in [2.45, 2.75) is 25.8 Å². The fraction of sp³-hybridized carbons (Fsp3) is 0.174. The van der Waals surface area contributed by atoms with Crippen LogP contribution in [0.3, 0.4) is 0 Å². The largest absolute Gasteiger partial charge is 0.481 e. The molecular formula is C23H22N8O2. The van der Waals surface area contributed by atoms with E-state index < -0.39 is 5.97 Å². The zero-order valence-corrected chi connectivity index (χ0v) is 17.9. The van der Waals surface area contributed by atoms with Crippen molar-refractivity contribution in [1.82, 2.24) is 15.0 Å². The smallest absolute Gasteiger partial charge is 0.304 e. The summed E-state index contributed by atoms with van der Waals surface area (Å²) in [5, 5.41) is 21.9. The molecule has 10 heteroatoms. The van der Waals surface area contributed by atoms with E-state index in [1.54, 1.807) is 36.4 Å². The molecule has 0 aliphatic carbocycles. The maximum Gasteiger partial charge on any atom is 0.304 e. The van der Waals surface area contributed by atoms with Gasteiger partial charge in [-0.15, -0.1) is 0 Å². The highest BCUT2D eigenvalue weighted by Gasteiger charge is 2.12. The van der Waals surface area contributed by atoms with Crippen LogP contribution in [0, 0.1) is 11.3 Å². The lowest BCUT2D eigenvalue weighted by atomic mass is 10.0. The number of nitrogens with zero attached hydrogens (tertiary/aromatic N) is 6. The van der Waals surface area contributed by atoms with Crippen molar-refractivity contribution < 1.29 is 9.90 Å². The highest BCUT2D eigenvalue weighted by Crippen LogP contribution is 2.20. The number of aromatic nitrogens is 3. The topological polar surface area (TPSA) is 177 Å². The maximum atomic E-state index is 10.9. The molecule has 3 rings (SSSR count). The summed E-state index contributed by atoms with van der Waals surface area (Å²) in [6, 6.07) is 16.1. The number of nitriles is 1. The summed E-state index contributed by atoms with van der Waals surface area (Å²) in [4.78, 5) is 28.2. The minimum absolute atomic E-state index is 0.00154. The minimum Gasteiger partial charge on any atom is -0.481 e. The number of hydrogen-bond acceptors (Lipinski definition) is 9. The summed E-state index contributed by atoms with van der Waals surface area (Å²) in [6.07, 6.45) is 1.46. The highest BCUT2D eigenvalue weighted by molar-refractivity contribution is 6.37. The van der Waals surface area contributed by atoms with E-state index in [-0.39, 0.29) is 30.5 Å². The third-order valence-electron chi connectivity index (χ3n) is 4.71. The Morgan fingerprint density at radius 2 is 2.00 bits per heavy atom. The number of nitrogens with two attached hydrogens (primary N) is 2. The third kappa shape index (κ3) is 6.18. The number of carboxylic acids is 1. The van der Waals surface area contributed by atoms with Gasteiger partial charge in [-0.25, -0.2) is 9.97 Å². The van der Waals surface area contributed by atoms with Gasteiger partial charge in [-0.2, -0.15) is 10.4 Å². The number of aliphatic imine (C=N–C) groups is 1. The summed E-state index contributed by atoms with van der Waals surface area (Å²) >= 11 is 0. The zero-order chi connectivity index (χ0) is 23.8. The van der Waals surface area contributed by atoms with E-state index in [1.807, 2.05) is 19.1 Å². The zero-order valence-electron chi connectivity index (χ0n) is 17.9. The monoisotopic (exact) mass is 442 g/mol. The summed E-state index contributed by atoms with van der Waals surface area (Å²) in [5.74, 6) is 4.50. The maximum absolute atomic E-state index is 10.9. The number of pyridine rings is 1. The molecule has 0 aliphatic rings. The minimum atomic E-state index is -0.876. The number of rotatable bonds is 8. The van der Waals surface area contributed by atoms with Crippen LogP contribution in [0.25, 0.3) is 11.3 Å². The Bertz CT molecular complexity index is 1260. The van der Waals surface area contributed by atoms with Gasteiger partial charge in [0.1, 0.15) is 5.71 Å². The fourth-order valence-electron chi connectivity index (χ4n) is 3.11. The first-order valence-electron chi connectivity index (χ1n) is 10.0. The molecule has 5 N–H and O–H groups in total. The van der Waals surface area contributed by atoms with Crippen LogP contribution < -0.4 is 11.6 Å². The van der Waals surface area contributed by atoms with E-state index in [1.165, 1.54) is 6.21 Å². The summed E-state index contributed by atoms with van der Waals surface area (Å²) in [6.45, 7) is 2.05. The second-order valence-electron chi connectivity index (χ2n) is 7.23. The Balaban J connectivity index is 1.80. The van der Waals surface area contributed by atoms with Crippen molar-refractivity contribution in [3.63, 3.8) is 0 Å². The molecule has 0 amide bonds. The first kappa shape index (κ1) is 23.0. The Labute approximate surface area is 190 Å². The Morgan fingerprint density at radius 3 is 2.73 bits per heavy atom. The van der Waals surface area contributed by atoms with Gasteiger partial charge in [0.05, 0.1) is 47.9 Å².